The van der Waals surface area contributed by atoms with Crippen molar-refractivity contribution in [3.8, 4) is 5.75 Å². The molecule has 32 heavy (non-hydrogen) atoms. The molecule has 0 bridgehead atoms. The Labute approximate surface area is 187 Å². The standard InChI is InChI=1S/C22H30N6O4/c1-5-16-14(3)24-22(26-19(16)29)28-18(12-13(2)27-28)25-21(31)20(30)23-11-10-15-8-6-7-9-17(15)32-4/h6-9,12,14,16,22,24H,5,10-11H2,1-4H3,(H,23,30)(H,25,31)(H,26,29). The number of nitrogens with zero attached hydrogens (tertiary/aromatic N) is 2. The van der Waals surface area contributed by atoms with Crippen molar-refractivity contribution in [1.29, 1.82) is 0 Å². The highest BCUT2D eigenvalue weighted by atomic mass is 16.5. The number of methoxy groups -OCH3 is 1. The van der Waals surface area contributed by atoms with Crippen LogP contribution in [-0.4, -0.2) is 47.2 Å². The molecule has 10 nitrogen and oxygen atoms in total. The van der Waals surface area contributed by atoms with Crippen LogP contribution in [0.3, 0.4) is 0 Å². The lowest BCUT2D eigenvalue weighted by Crippen LogP contribution is -2.57. The van der Waals surface area contributed by atoms with Gasteiger partial charge in [0, 0.05) is 18.7 Å². The highest BCUT2D eigenvalue weighted by molar-refractivity contribution is 6.39. The zero-order valence-corrected chi connectivity index (χ0v) is 18.8. The Morgan fingerprint density at radius 3 is 2.69 bits per heavy atom. The molecule has 0 saturated carbocycles. The maximum atomic E-state index is 12.5. The Bertz CT molecular complexity index is 989. The third kappa shape index (κ3) is 5.25. The summed E-state index contributed by atoms with van der Waals surface area (Å²) in [7, 11) is 1.59. The molecule has 1 aliphatic rings. The Balaban J connectivity index is 1.60. The fraction of sp³-hybridized carbons (Fsp3) is 0.455. The number of hydrogen-bond acceptors (Lipinski definition) is 6. The molecule has 3 amide bonds. The molecule has 2 heterocycles. The van der Waals surface area contributed by atoms with Gasteiger partial charge in [0.05, 0.1) is 18.7 Å². The van der Waals surface area contributed by atoms with E-state index in [1.165, 1.54) is 4.68 Å². The summed E-state index contributed by atoms with van der Waals surface area (Å²) >= 11 is 0. The molecule has 2 aromatic rings. The first kappa shape index (κ1) is 23.3. The zero-order chi connectivity index (χ0) is 23.3. The second-order valence-corrected chi connectivity index (χ2v) is 7.77. The molecule has 3 unspecified atom stereocenters. The number of carbonyl (C=O) groups is 3. The van der Waals surface area contributed by atoms with Crippen molar-refractivity contribution in [3.63, 3.8) is 0 Å². The van der Waals surface area contributed by atoms with Crippen molar-refractivity contribution in [3.05, 3.63) is 41.6 Å². The molecule has 1 aromatic carbocycles. The summed E-state index contributed by atoms with van der Waals surface area (Å²) in [6.45, 7) is 5.94. The van der Waals surface area contributed by atoms with E-state index in [-0.39, 0.29) is 24.4 Å². The summed E-state index contributed by atoms with van der Waals surface area (Å²) in [5.41, 5.74) is 1.57. The van der Waals surface area contributed by atoms with Crippen LogP contribution in [0.2, 0.25) is 0 Å². The van der Waals surface area contributed by atoms with Crippen molar-refractivity contribution in [1.82, 2.24) is 25.7 Å². The van der Waals surface area contributed by atoms with Gasteiger partial charge in [0.2, 0.25) is 5.91 Å². The van der Waals surface area contributed by atoms with Gasteiger partial charge in [-0.25, -0.2) is 4.68 Å². The second-order valence-electron chi connectivity index (χ2n) is 7.77. The van der Waals surface area contributed by atoms with Crippen LogP contribution in [0.25, 0.3) is 0 Å². The van der Waals surface area contributed by atoms with Gasteiger partial charge in [0.1, 0.15) is 11.6 Å². The lowest BCUT2D eigenvalue weighted by molar-refractivity contribution is -0.136. The van der Waals surface area contributed by atoms with Crippen LogP contribution in [0, 0.1) is 12.8 Å². The van der Waals surface area contributed by atoms with Crippen LogP contribution >= 0.6 is 0 Å². The molecule has 0 spiro atoms. The van der Waals surface area contributed by atoms with Gasteiger partial charge in [-0.1, -0.05) is 25.1 Å². The summed E-state index contributed by atoms with van der Waals surface area (Å²) in [6, 6.07) is 9.08. The van der Waals surface area contributed by atoms with E-state index >= 15 is 0 Å². The number of ether oxygens (including phenoxy) is 1. The van der Waals surface area contributed by atoms with Gasteiger partial charge in [0.25, 0.3) is 0 Å². The Morgan fingerprint density at radius 1 is 1.25 bits per heavy atom. The molecule has 172 valence electrons. The number of carbonyl (C=O) groups excluding carboxylic acids is 3. The quantitative estimate of drug-likeness (QED) is 0.476. The first-order valence-electron chi connectivity index (χ1n) is 10.7. The Morgan fingerprint density at radius 2 is 2.00 bits per heavy atom. The van der Waals surface area contributed by atoms with Crippen LogP contribution < -0.4 is 26.0 Å². The van der Waals surface area contributed by atoms with E-state index in [1.807, 2.05) is 38.1 Å². The van der Waals surface area contributed by atoms with E-state index in [0.717, 1.165) is 11.3 Å². The fourth-order valence-electron chi connectivity index (χ4n) is 3.83. The number of para-hydroxylation sites is 1. The average molecular weight is 443 g/mol. The normalized spacial score (nSPS) is 20.4. The van der Waals surface area contributed by atoms with Crippen LogP contribution in [-0.2, 0) is 20.8 Å². The predicted octanol–water partition coefficient (Wildman–Crippen LogP) is 1.09. The summed E-state index contributed by atoms with van der Waals surface area (Å²) in [5.74, 6) is -0.754. The molecule has 1 saturated heterocycles. The van der Waals surface area contributed by atoms with Crippen molar-refractivity contribution in [2.75, 3.05) is 19.0 Å². The maximum Gasteiger partial charge on any atom is 0.314 e. The van der Waals surface area contributed by atoms with Crippen LogP contribution in [0.4, 0.5) is 5.82 Å². The molecule has 1 aromatic heterocycles. The maximum absolute atomic E-state index is 12.5. The number of hydrogen-bond donors (Lipinski definition) is 4. The van der Waals surface area contributed by atoms with Crippen molar-refractivity contribution >= 4 is 23.5 Å². The van der Waals surface area contributed by atoms with Crippen molar-refractivity contribution in [2.45, 2.75) is 45.9 Å². The van der Waals surface area contributed by atoms with E-state index in [0.29, 0.717) is 24.4 Å². The molecule has 0 radical (unpaired) electrons. The minimum Gasteiger partial charge on any atom is -0.496 e. The first-order chi connectivity index (χ1) is 15.3. The lowest BCUT2D eigenvalue weighted by Gasteiger charge is -2.35. The fourth-order valence-corrected chi connectivity index (χ4v) is 3.83. The number of nitrogens with one attached hydrogen (secondary N) is 4. The van der Waals surface area contributed by atoms with E-state index in [1.54, 1.807) is 20.1 Å². The number of amides is 3. The number of benzene rings is 1. The zero-order valence-electron chi connectivity index (χ0n) is 18.8. The van der Waals surface area contributed by atoms with E-state index in [2.05, 4.69) is 26.4 Å². The number of aryl methyl sites for hydroxylation is 1. The van der Waals surface area contributed by atoms with E-state index < -0.39 is 18.1 Å². The van der Waals surface area contributed by atoms with E-state index in [9.17, 15) is 14.4 Å². The summed E-state index contributed by atoms with van der Waals surface area (Å²) in [6.07, 6.45) is 0.607. The largest absolute Gasteiger partial charge is 0.496 e. The molecular formula is C22H30N6O4. The molecule has 3 rings (SSSR count). The monoisotopic (exact) mass is 442 g/mol. The minimum absolute atomic E-state index is 0.0647. The molecule has 1 aliphatic heterocycles. The van der Waals surface area contributed by atoms with Crippen LogP contribution in [0.5, 0.6) is 5.75 Å². The van der Waals surface area contributed by atoms with Crippen molar-refractivity contribution < 1.29 is 19.1 Å². The van der Waals surface area contributed by atoms with Gasteiger partial charge >= 0.3 is 11.8 Å². The van der Waals surface area contributed by atoms with Gasteiger partial charge in [-0.3, -0.25) is 19.7 Å². The topological polar surface area (TPSA) is 126 Å². The average Bonchev–Trinajstić information content (AvgIpc) is 3.13. The number of anilines is 1. The molecule has 3 atom stereocenters. The summed E-state index contributed by atoms with van der Waals surface area (Å²) in [4.78, 5) is 37.2. The highest BCUT2D eigenvalue weighted by Crippen LogP contribution is 2.21. The third-order valence-corrected chi connectivity index (χ3v) is 5.50. The van der Waals surface area contributed by atoms with Crippen LogP contribution in [0.15, 0.2) is 30.3 Å². The number of rotatable bonds is 7. The summed E-state index contributed by atoms with van der Waals surface area (Å²) < 4.78 is 6.76. The Kier molecular flexibility index (Phi) is 7.47. The van der Waals surface area contributed by atoms with Gasteiger partial charge in [-0.05, 0) is 38.3 Å². The first-order valence-corrected chi connectivity index (χ1v) is 10.7. The molecular weight excluding hydrogens is 412 g/mol. The molecule has 10 heteroatoms. The second kappa shape index (κ2) is 10.3. The SMILES string of the molecule is CCC1C(=O)NC(n2nc(C)cc2NC(=O)C(=O)NCCc2ccccc2OC)NC1C. The van der Waals surface area contributed by atoms with Gasteiger partial charge in [-0.15, -0.1) is 0 Å². The number of aromatic nitrogens is 2. The van der Waals surface area contributed by atoms with Gasteiger partial charge < -0.3 is 20.7 Å². The molecule has 4 N–H and O–H groups in total. The predicted molar refractivity (Wildman–Crippen MR) is 119 cm³/mol. The van der Waals surface area contributed by atoms with E-state index in [4.69, 9.17) is 4.74 Å². The minimum atomic E-state index is -0.812. The Hall–Kier alpha value is -3.40. The highest BCUT2D eigenvalue weighted by Gasteiger charge is 2.34. The summed E-state index contributed by atoms with van der Waals surface area (Å²) in [5, 5.41) is 15.7. The van der Waals surface area contributed by atoms with Gasteiger partial charge in [0.15, 0.2) is 6.29 Å². The third-order valence-electron chi connectivity index (χ3n) is 5.50. The smallest absolute Gasteiger partial charge is 0.314 e. The molecule has 0 aliphatic carbocycles. The van der Waals surface area contributed by atoms with Crippen LogP contribution in [0.1, 0.15) is 37.8 Å². The lowest BCUT2D eigenvalue weighted by atomic mass is 9.95. The van der Waals surface area contributed by atoms with Crippen molar-refractivity contribution in [2.24, 2.45) is 5.92 Å². The molecule has 1 fully saturated rings. The van der Waals surface area contributed by atoms with Gasteiger partial charge in [-0.2, -0.15) is 5.10 Å².